The molecule has 1 aromatic carbocycles. The number of hydrogen-bond acceptors (Lipinski definition) is 5. The number of anilines is 2. The number of fused-ring (bicyclic) bond motifs is 1. The van der Waals surface area contributed by atoms with Gasteiger partial charge in [0, 0.05) is 24.0 Å². The lowest BCUT2D eigenvalue weighted by Gasteiger charge is -2.07. The molecule has 1 amide bonds. The molecular weight excluding hydrogens is 230 g/mol. The van der Waals surface area contributed by atoms with Gasteiger partial charge in [0.05, 0.1) is 5.52 Å². The maximum absolute atomic E-state index is 10.6. The minimum absolute atomic E-state index is 0.294. The van der Waals surface area contributed by atoms with Crippen LogP contribution in [0.2, 0.25) is 0 Å². The van der Waals surface area contributed by atoms with Crippen molar-refractivity contribution in [2.75, 3.05) is 17.6 Å². The van der Waals surface area contributed by atoms with Crippen LogP contribution in [0.4, 0.5) is 11.5 Å². The molecule has 0 radical (unpaired) electrons. The number of amides is 1. The molecule has 0 bridgehead atoms. The molecule has 94 valence electrons. The van der Waals surface area contributed by atoms with Crippen LogP contribution in [0, 0.1) is 0 Å². The number of nitrogens with zero attached hydrogens (tertiary/aromatic N) is 2. The molecule has 0 aliphatic rings. The molecule has 0 spiro atoms. The number of nitrogen functional groups attached to an aromatic ring is 1. The van der Waals surface area contributed by atoms with Crippen molar-refractivity contribution in [2.24, 2.45) is 5.73 Å². The number of primary amides is 1. The van der Waals surface area contributed by atoms with E-state index in [4.69, 9.17) is 11.5 Å². The second-order valence-electron chi connectivity index (χ2n) is 4.00. The number of aromatic nitrogens is 2. The molecule has 2 rings (SSSR count). The summed E-state index contributed by atoms with van der Waals surface area (Å²) in [7, 11) is 0. The molecule has 6 nitrogen and oxygen atoms in total. The van der Waals surface area contributed by atoms with Gasteiger partial charge in [-0.05, 0) is 24.6 Å². The van der Waals surface area contributed by atoms with E-state index in [0.29, 0.717) is 25.1 Å². The van der Waals surface area contributed by atoms with Gasteiger partial charge in [0.15, 0.2) is 0 Å². The minimum atomic E-state index is -0.294. The van der Waals surface area contributed by atoms with Gasteiger partial charge < -0.3 is 16.8 Å². The standard InChI is InChI=1S/C12H15N5O/c13-8-3-4-9-10(6-8)16-7-17-12(9)15-5-1-2-11(14)18/h3-4,6-7H,1-2,5,13H2,(H2,14,18)(H,15,16,17). The Morgan fingerprint density at radius 1 is 1.33 bits per heavy atom. The van der Waals surface area contributed by atoms with Gasteiger partial charge in [-0.1, -0.05) is 0 Å². The van der Waals surface area contributed by atoms with E-state index in [0.717, 1.165) is 16.7 Å². The van der Waals surface area contributed by atoms with Crippen molar-refractivity contribution in [1.29, 1.82) is 0 Å². The fraction of sp³-hybridized carbons (Fsp3) is 0.250. The molecule has 0 atom stereocenters. The number of carbonyl (C=O) groups is 1. The molecule has 5 N–H and O–H groups in total. The van der Waals surface area contributed by atoms with Crippen LogP contribution in [0.3, 0.4) is 0 Å². The summed E-state index contributed by atoms with van der Waals surface area (Å²) in [6.07, 6.45) is 2.52. The average molecular weight is 245 g/mol. The van der Waals surface area contributed by atoms with Crippen molar-refractivity contribution in [3.8, 4) is 0 Å². The van der Waals surface area contributed by atoms with Gasteiger partial charge in [-0.3, -0.25) is 4.79 Å². The molecule has 0 aliphatic carbocycles. The van der Waals surface area contributed by atoms with Gasteiger partial charge in [-0.25, -0.2) is 9.97 Å². The molecular formula is C12H15N5O. The Morgan fingerprint density at radius 2 is 2.17 bits per heavy atom. The molecule has 2 aromatic rings. The third-order valence-corrected chi connectivity index (χ3v) is 2.55. The zero-order chi connectivity index (χ0) is 13.0. The van der Waals surface area contributed by atoms with E-state index >= 15 is 0 Å². The maximum Gasteiger partial charge on any atom is 0.217 e. The predicted molar refractivity (Wildman–Crippen MR) is 70.9 cm³/mol. The normalized spacial score (nSPS) is 10.4. The van der Waals surface area contributed by atoms with Crippen LogP contribution in [0.5, 0.6) is 0 Å². The van der Waals surface area contributed by atoms with Crippen LogP contribution in [0.1, 0.15) is 12.8 Å². The molecule has 0 saturated carbocycles. The third kappa shape index (κ3) is 2.85. The predicted octanol–water partition coefficient (Wildman–Crippen LogP) is 0.889. The SMILES string of the molecule is NC(=O)CCCNc1ncnc2cc(N)ccc12. The van der Waals surface area contributed by atoms with E-state index in [1.165, 1.54) is 6.33 Å². The number of benzene rings is 1. The third-order valence-electron chi connectivity index (χ3n) is 2.55. The van der Waals surface area contributed by atoms with Gasteiger partial charge >= 0.3 is 0 Å². The Balaban J connectivity index is 2.11. The first-order chi connectivity index (χ1) is 8.66. The first-order valence-corrected chi connectivity index (χ1v) is 5.69. The highest BCUT2D eigenvalue weighted by atomic mass is 16.1. The van der Waals surface area contributed by atoms with Crippen LogP contribution >= 0.6 is 0 Å². The lowest BCUT2D eigenvalue weighted by molar-refractivity contribution is -0.118. The Kier molecular flexibility index (Phi) is 3.57. The molecule has 1 heterocycles. The quantitative estimate of drug-likeness (QED) is 0.535. The van der Waals surface area contributed by atoms with Gasteiger partial charge in [-0.15, -0.1) is 0 Å². The van der Waals surface area contributed by atoms with Crippen molar-refractivity contribution in [3.63, 3.8) is 0 Å². The van der Waals surface area contributed by atoms with Crippen molar-refractivity contribution in [1.82, 2.24) is 9.97 Å². The lowest BCUT2D eigenvalue weighted by atomic mass is 10.2. The van der Waals surface area contributed by atoms with E-state index in [1.54, 1.807) is 12.1 Å². The van der Waals surface area contributed by atoms with Crippen LogP contribution in [0.15, 0.2) is 24.5 Å². The summed E-state index contributed by atoms with van der Waals surface area (Å²) in [6.45, 7) is 0.638. The summed E-state index contributed by atoms with van der Waals surface area (Å²) in [5.74, 6) is 0.446. The van der Waals surface area contributed by atoms with Gasteiger partial charge in [0.25, 0.3) is 0 Å². The minimum Gasteiger partial charge on any atom is -0.399 e. The monoisotopic (exact) mass is 245 g/mol. The van der Waals surface area contributed by atoms with Crippen LogP contribution in [-0.2, 0) is 4.79 Å². The summed E-state index contributed by atoms with van der Waals surface area (Å²) >= 11 is 0. The largest absolute Gasteiger partial charge is 0.399 e. The second kappa shape index (κ2) is 5.31. The number of rotatable bonds is 5. The number of carbonyl (C=O) groups excluding carboxylic acids is 1. The Bertz CT molecular complexity index is 569. The van der Waals surface area contributed by atoms with Crippen molar-refractivity contribution in [3.05, 3.63) is 24.5 Å². The fourth-order valence-electron chi connectivity index (χ4n) is 1.68. The molecule has 6 heteroatoms. The van der Waals surface area contributed by atoms with Crippen molar-refractivity contribution in [2.45, 2.75) is 12.8 Å². The molecule has 0 saturated heterocycles. The van der Waals surface area contributed by atoms with Gasteiger partial charge in [0.2, 0.25) is 5.91 Å². The first-order valence-electron chi connectivity index (χ1n) is 5.69. The summed E-state index contributed by atoms with van der Waals surface area (Å²) in [5, 5.41) is 4.07. The lowest BCUT2D eigenvalue weighted by Crippen LogP contribution is -2.13. The Labute approximate surface area is 104 Å². The highest BCUT2D eigenvalue weighted by Gasteiger charge is 2.03. The zero-order valence-corrected chi connectivity index (χ0v) is 9.89. The molecule has 1 aromatic heterocycles. The van der Waals surface area contributed by atoms with E-state index in [9.17, 15) is 4.79 Å². The van der Waals surface area contributed by atoms with Crippen molar-refractivity contribution < 1.29 is 4.79 Å². The molecule has 18 heavy (non-hydrogen) atoms. The molecule has 0 aliphatic heterocycles. The highest BCUT2D eigenvalue weighted by Crippen LogP contribution is 2.20. The summed E-state index contributed by atoms with van der Waals surface area (Å²) in [6, 6.07) is 5.48. The van der Waals surface area contributed by atoms with Gasteiger partial charge in [-0.2, -0.15) is 0 Å². The smallest absolute Gasteiger partial charge is 0.217 e. The number of hydrogen-bond donors (Lipinski definition) is 3. The summed E-state index contributed by atoms with van der Waals surface area (Å²) in [4.78, 5) is 18.9. The summed E-state index contributed by atoms with van der Waals surface area (Å²) < 4.78 is 0. The van der Waals surface area contributed by atoms with E-state index < -0.39 is 0 Å². The number of nitrogens with two attached hydrogens (primary N) is 2. The van der Waals surface area contributed by atoms with E-state index in [2.05, 4.69) is 15.3 Å². The zero-order valence-electron chi connectivity index (χ0n) is 9.89. The molecule has 0 fully saturated rings. The fourth-order valence-corrected chi connectivity index (χ4v) is 1.68. The highest BCUT2D eigenvalue weighted by molar-refractivity contribution is 5.90. The van der Waals surface area contributed by atoms with E-state index in [-0.39, 0.29) is 5.91 Å². The van der Waals surface area contributed by atoms with E-state index in [1.807, 2.05) is 6.07 Å². The van der Waals surface area contributed by atoms with Crippen molar-refractivity contribution >= 4 is 28.3 Å². The second-order valence-corrected chi connectivity index (χ2v) is 4.00. The number of nitrogens with one attached hydrogen (secondary N) is 1. The van der Waals surface area contributed by atoms with Crippen LogP contribution in [-0.4, -0.2) is 22.4 Å². The maximum atomic E-state index is 10.6. The Morgan fingerprint density at radius 3 is 2.94 bits per heavy atom. The van der Waals surface area contributed by atoms with Crippen LogP contribution < -0.4 is 16.8 Å². The molecule has 0 unspecified atom stereocenters. The topological polar surface area (TPSA) is 107 Å². The average Bonchev–Trinajstić information content (AvgIpc) is 2.34. The Hall–Kier alpha value is -2.37. The van der Waals surface area contributed by atoms with Gasteiger partial charge in [0.1, 0.15) is 12.1 Å². The summed E-state index contributed by atoms with van der Waals surface area (Å²) in [5.41, 5.74) is 12.2. The van der Waals surface area contributed by atoms with Crippen LogP contribution in [0.25, 0.3) is 10.9 Å². The first kappa shape index (κ1) is 12.1.